The molecule has 0 unspecified atom stereocenters. The smallest absolute Gasteiger partial charge is 0.251 e. The summed E-state index contributed by atoms with van der Waals surface area (Å²) in [5.74, 6) is 0.821. The highest BCUT2D eigenvalue weighted by molar-refractivity contribution is 5.66. The summed E-state index contributed by atoms with van der Waals surface area (Å²) in [6, 6.07) is 25.1. The molecule has 0 bridgehead atoms. The highest BCUT2D eigenvalue weighted by Gasteiger charge is 2.08. The number of aromatic nitrogens is 2. The molecule has 5 heteroatoms. The molecular weight excluding hydrogens is 362 g/mol. The number of hydrogen-bond acceptors (Lipinski definition) is 4. The Morgan fingerprint density at radius 3 is 2.24 bits per heavy atom. The van der Waals surface area contributed by atoms with Crippen molar-refractivity contribution >= 4 is 5.82 Å². The number of benzene rings is 2. The number of hydrogen-bond donors (Lipinski definition) is 1. The van der Waals surface area contributed by atoms with Crippen LogP contribution >= 0.6 is 0 Å². The van der Waals surface area contributed by atoms with Crippen molar-refractivity contribution in [1.29, 1.82) is 0 Å². The van der Waals surface area contributed by atoms with E-state index in [0.29, 0.717) is 24.7 Å². The lowest BCUT2D eigenvalue weighted by Crippen LogP contribution is -2.19. The second kappa shape index (κ2) is 8.44. The molecule has 5 nitrogen and oxygen atoms in total. The van der Waals surface area contributed by atoms with Gasteiger partial charge < -0.3 is 15.0 Å². The van der Waals surface area contributed by atoms with Crippen molar-refractivity contribution in [3.05, 3.63) is 113 Å². The number of pyridine rings is 2. The van der Waals surface area contributed by atoms with Gasteiger partial charge in [0.1, 0.15) is 6.61 Å². The standard InChI is InChI=1S/C24H21N3O2/c25-24-22(29-17-19-9-5-2-6-10-19)13-21(15-26-24)20-11-12-27(23(28)14-20)16-18-7-3-1-4-8-18/h1-15H,16-17H2,(H2,25,26). The minimum absolute atomic E-state index is 0.0741. The van der Waals surface area contributed by atoms with E-state index in [1.807, 2.05) is 72.8 Å². The molecule has 0 radical (unpaired) electrons. The summed E-state index contributed by atoms with van der Waals surface area (Å²) in [5.41, 5.74) is 9.57. The summed E-state index contributed by atoms with van der Waals surface area (Å²) in [4.78, 5) is 16.8. The lowest BCUT2D eigenvalue weighted by atomic mass is 10.1. The van der Waals surface area contributed by atoms with Crippen molar-refractivity contribution in [2.24, 2.45) is 0 Å². The molecule has 0 aliphatic heterocycles. The Balaban J connectivity index is 1.55. The minimum Gasteiger partial charge on any atom is -0.485 e. The molecule has 2 N–H and O–H groups in total. The molecule has 4 rings (SSSR count). The van der Waals surface area contributed by atoms with Gasteiger partial charge in [-0.25, -0.2) is 4.98 Å². The predicted molar refractivity (Wildman–Crippen MR) is 115 cm³/mol. The van der Waals surface area contributed by atoms with E-state index in [9.17, 15) is 4.79 Å². The second-order valence-electron chi connectivity index (χ2n) is 6.75. The number of ether oxygens (including phenoxy) is 1. The van der Waals surface area contributed by atoms with Crippen LogP contribution < -0.4 is 16.0 Å². The monoisotopic (exact) mass is 383 g/mol. The van der Waals surface area contributed by atoms with Crippen LogP contribution in [0.1, 0.15) is 11.1 Å². The molecule has 0 aliphatic rings. The molecule has 0 saturated carbocycles. The first-order chi connectivity index (χ1) is 14.2. The van der Waals surface area contributed by atoms with Gasteiger partial charge in [-0.1, -0.05) is 60.7 Å². The zero-order valence-electron chi connectivity index (χ0n) is 15.9. The number of nitrogen functional groups attached to an aromatic ring is 1. The summed E-state index contributed by atoms with van der Waals surface area (Å²) in [5, 5.41) is 0. The average molecular weight is 383 g/mol. The maximum absolute atomic E-state index is 12.6. The Kier molecular flexibility index (Phi) is 5.38. The zero-order valence-corrected chi connectivity index (χ0v) is 15.9. The van der Waals surface area contributed by atoms with E-state index < -0.39 is 0 Å². The zero-order chi connectivity index (χ0) is 20.1. The van der Waals surface area contributed by atoms with E-state index in [2.05, 4.69) is 4.98 Å². The highest BCUT2D eigenvalue weighted by Crippen LogP contribution is 2.27. The van der Waals surface area contributed by atoms with Gasteiger partial charge in [-0.2, -0.15) is 0 Å². The lowest BCUT2D eigenvalue weighted by Gasteiger charge is -2.11. The van der Waals surface area contributed by atoms with E-state index in [4.69, 9.17) is 10.5 Å². The summed E-state index contributed by atoms with van der Waals surface area (Å²) < 4.78 is 7.52. The van der Waals surface area contributed by atoms with Crippen molar-refractivity contribution in [3.8, 4) is 16.9 Å². The van der Waals surface area contributed by atoms with Crippen LogP contribution in [0.15, 0.2) is 96.1 Å². The van der Waals surface area contributed by atoms with Gasteiger partial charge in [-0.3, -0.25) is 4.79 Å². The molecule has 0 aliphatic carbocycles. The van der Waals surface area contributed by atoms with Gasteiger partial charge in [0.15, 0.2) is 11.6 Å². The minimum atomic E-state index is -0.0741. The summed E-state index contributed by atoms with van der Waals surface area (Å²) in [6.45, 7) is 0.931. The van der Waals surface area contributed by atoms with Crippen molar-refractivity contribution < 1.29 is 4.74 Å². The van der Waals surface area contributed by atoms with Crippen LogP contribution in [-0.4, -0.2) is 9.55 Å². The van der Waals surface area contributed by atoms with Gasteiger partial charge in [0.2, 0.25) is 0 Å². The SMILES string of the molecule is Nc1ncc(-c2ccn(Cc3ccccc3)c(=O)c2)cc1OCc1ccccc1. The molecule has 2 aromatic carbocycles. The molecule has 2 heterocycles. The Morgan fingerprint density at radius 2 is 1.55 bits per heavy atom. The first-order valence-electron chi connectivity index (χ1n) is 9.36. The topological polar surface area (TPSA) is 70.1 Å². The third kappa shape index (κ3) is 4.52. The van der Waals surface area contributed by atoms with Crippen molar-refractivity contribution in [1.82, 2.24) is 9.55 Å². The van der Waals surface area contributed by atoms with E-state index in [-0.39, 0.29) is 5.56 Å². The molecule has 29 heavy (non-hydrogen) atoms. The van der Waals surface area contributed by atoms with Crippen LogP contribution in [-0.2, 0) is 13.2 Å². The molecule has 144 valence electrons. The Morgan fingerprint density at radius 1 is 0.862 bits per heavy atom. The average Bonchev–Trinajstić information content (AvgIpc) is 2.76. The fourth-order valence-electron chi connectivity index (χ4n) is 3.06. The van der Waals surface area contributed by atoms with Crippen LogP contribution in [0.2, 0.25) is 0 Å². The van der Waals surface area contributed by atoms with Crippen LogP contribution in [0.25, 0.3) is 11.1 Å². The van der Waals surface area contributed by atoms with Crippen LogP contribution in [0, 0.1) is 0 Å². The maximum Gasteiger partial charge on any atom is 0.251 e. The molecule has 0 amide bonds. The molecular formula is C24H21N3O2. The van der Waals surface area contributed by atoms with Crippen molar-refractivity contribution in [3.63, 3.8) is 0 Å². The second-order valence-corrected chi connectivity index (χ2v) is 6.75. The Labute approximate surface area is 169 Å². The van der Waals surface area contributed by atoms with Gasteiger partial charge >= 0.3 is 0 Å². The highest BCUT2D eigenvalue weighted by atomic mass is 16.5. The summed E-state index contributed by atoms with van der Waals surface area (Å²) >= 11 is 0. The number of nitrogens with zero attached hydrogens (tertiary/aromatic N) is 2. The van der Waals surface area contributed by atoms with E-state index in [0.717, 1.165) is 22.3 Å². The molecule has 0 fully saturated rings. The quantitative estimate of drug-likeness (QED) is 0.544. The van der Waals surface area contributed by atoms with Crippen LogP contribution in [0.4, 0.5) is 5.82 Å². The van der Waals surface area contributed by atoms with E-state index >= 15 is 0 Å². The molecule has 2 aromatic heterocycles. The normalized spacial score (nSPS) is 10.6. The van der Waals surface area contributed by atoms with Crippen LogP contribution in [0.5, 0.6) is 5.75 Å². The lowest BCUT2D eigenvalue weighted by molar-refractivity contribution is 0.307. The first kappa shape index (κ1) is 18.5. The number of rotatable bonds is 6. The largest absolute Gasteiger partial charge is 0.485 e. The van der Waals surface area contributed by atoms with E-state index in [1.54, 1.807) is 23.0 Å². The van der Waals surface area contributed by atoms with Gasteiger partial charge in [0.25, 0.3) is 5.56 Å². The Bertz CT molecular complexity index is 1160. The molecule has 4 aromatic rings. The van der Waals surface area contributed by atoms with Gasteiger partial charge in [0.05, 0.1) is 6.54 Å². The fraction of sp³-hybridized carbons (Fsp3) is 0.0833. The van der Waals surface area contributed by atoms with Gasteiger partial charge in [-0.05, 0) is 28.8 Å². The third-order valence-corrected chi connectivity index (χ3v) is 4.64. The predicted octanol–water partition coefficient (Wildman–Crippen LogP) is 4.12. The summed E-state index contributed by atoms with van der Waals surface area (Å²) in [7, 11) is 0. The molecule has 0 atom stereocenters. The third-order valence-electron chi connectivity index (χ3n) is 4.64. The Hall–Kier alpha value is -3.86. The fourth-order valence-corrected chi connectivity index (χ4v) is 3.06. The van der Waals surface area contributed by atoms with Crippen molar-refractivity contribution in [2.75, 3.05) is 5.73 Å². The number of anilines is 1. The van der Waals surface area contributed by atoms with Gasteiger partial charge in [0, 0.05) is 24.0 Å². The molecule has 0 saturated heterocycles. The van der Waals surface area contributed by atoms with E-state index in [1.165, 1.54) is 0 Å². The van der Waals surface area contributed by atoms with Crippen LogP contribution in [0.3, 0.4) is 0 Å². The summed E-state index contributed by atoms with van der Waals surface area (Å²) in [6.07, 6.45) is 3.45. The first-order valence-corrected chi connectivity index (χ1v) is 9.36. The van der Waals surface area contributed by atoms with Crippen molar-refractivity contribution in [2.45, 2.75) is 13.2 Å². The maximum atomic E-state index is 12.6. The molecule has 0 spiro atoms. The van der Waals surface area contributed by atoms with Gasteiger partial charge in [-0.15, -0.1) is 0 Å². The number of nitrogens with two attached hydrogens (primary N) is 1.